The Hall–Kier alpha value is -2.65. The first-order chi connectivity index (χ1) is 13.9. The molecule has 0 radical (unpaired) electrons. The molecule has 1 saturated heterocycles. The summed E-state index contributed by atoms with van der Waals surface area (Å²) in [6, 6.07) is 7.83. The highest BCUT2D eigenvalue weighted by molar-refractivity contribution is 7.99. The van der Waals surface area contributed by atoms with Crippen LogP contribution in [0.2, 0.25) is 0 Å². The molecule has 1 N–H and O–H groups in total. The van der Waals surface area contributed by atoms with Gasteiger partial charge in [-0.15, -0.1) is 0 Å². The Bertz CT molecular complexity index is 1080. The average Bonchev–Trinajstić information content (AvgIpc) is 3.10. The predicted octanol–water partition coefficient (Wildman–Crippen LogP) is 2.15. The van der Waals surface area contributed by atoms with Gasteiger partial charge in [-0.25, -0.2) is 9.67 Å². The van der Waals surface area contributed by atoms with Crippen molar-refractivity contribution in [2.75, 3.05) is 18.8 Å². The zero-order chi connectivity index (χ0) is 20.5. The second kappa shape index (κ2) is 8.00. The third kappa shape index (κ3) is 4.20. The zero-order valence-electron chi connectivity index (χ0n) is 16.6. The molecule has 1 amide bonds. The molecule has 1 aromatic carbocycles. The molecule has 9 heteroatoms. The molecule has 1 fully saturated rings. The van der Waals surface area contributed by atoms with Gasteiger partial charge in [-0.1, -0.05) is 29.5 Å². The van der Waals surface area contributed by atoms with Gasteiger partial charge in [0.05, 0.1) is 29.8 Å². The number of carbonyl (C=O) groups excluding carboxylic acids is 1. The lowest BCUT2D eigenvalue weighted by atomic mass is 10.2. The molecule has 8 nitrogen and oxygen atoms in total. The minimum Gasteiger partial charge on any atom is -0.372 e. The number of carbonyl (C=O) groups is 1. The number of nitrogens with one attached hydrogen (secondary N) is 1. The fourth-order valence-electron chi connectivity index (χ4n) is 3.44. The summed E-state index contributed by atoms with van der Waals surface area (Å²) in [6.45, 7) is 7.08. The van der Waals surface area contributed by atoms with Crippen molar-refractivity contribution in [2.45, 2.75) is 38.1 Å². The number of benzene rings is 1. The quantitative estimate of drug-likeness (QED) is 0.520. The molecule has 0 aliphatic carbocycles. The van der Waals surface area contributed by atoms with Crippen LogP contribution >= 0.6 is 11.8 Å². The first-order valence-electron chi connectivity index (χ1n) is 9.52. The van der Waals surface area contributed by atoms with Crippen LogP contribution in [0.25, 0.3) is 16.7 Å². The van der Waals surface area contributed by atoms with E-state index in [0.717, 1.165) is 11.3 Å². The van der Waals surface area contributed by atoms with Gasteiger partial charge in [0.25, 0.3) is 5.56 Å². The van der Waals surface area contributed by atoms with E-state index in [0.29, 0.717) is 29.3 Å². The fraction of sp³-hybridized carbons (Fsp3) is 0.400. The Kier molecular flexibility index (Phi) is 5.42. The minimum atomic E-state index is -0.267. The normalized spacial score (nSPS) is 19.6. The number of hydrogen-bond acceptors (Lipinski definition) is 6. The van der Waals surface area contributed by atoms with Gasteiger partial charge in [-0.3, -0.25) is 9.59 Å². The monoisotopic (exact) mass is 413 g/mol. The Balaban J connectivity index is 1.55. The van der Waals surface area contributed by atoms with Crippen LogP contribution in [-0.4, -0.2) is 61.6 Å². The molecule has 0 bridgehead atoms. The molecule has 152 valence electrons. The molecular weight excluding hydrogens is 390 g/mol. The Morgan fingerprint density at radius 3 is 2.62 bits per heavy atom. The van der Waals surface area contributed by atoms with Crippen molar-refractivity contribution in [3.05, 3.63) is 46.4 Å². The van der Waals surface area contributed by atoms with Crippen molar-refractivity contribution in [1.82, 2.24) is 24.6 Å². The van der Waals surface area contributed by atoms with E-state index in [4.69, 9.17) is 4.74 Å². The highest BCUT2D eigenvalue weighted by atomic mass is 32.2. The zero-order valence-corrected chi connectivity index (χ0v) is 17.4. The van der Waals surface area contributed by atoms with E-state index < -0.39 is 0 Å². The highest BCUT2D eigenvalue weighted by Gasteiger charge is 2.26. The number of H-pyrrole nitrogens is 1. The van der Waals surface area contributed by atoms with Crippen molar-refractivity contribution < 1.29 is 9.53 Å². The highest BCUT2D eigenvalue weighted by Crippen LogP contribution is 2.19. The summed E-state index contributed by atoms with van der Waals surface area (Å²) in [6.07, 6.45) is 1.55. The maximum atomic E-state index is 12.6. The maximum absolute atomic E-state index is 12.6. The van der Waals surface area contributed by atoms with E-state index in [2.05, 4.69) is 15.1 Å². The number of thioether (sulfide) groups is 1. The standard InChI is InChI=1S/C20H23N5O3S/c1-12-4-6-15(7-5-12)25-18-16(8-21-25)19(27)23-20(22-18)29-11-17(26)24-9-13(2)28-14(3)10-24/h4-8,13-14H,9-11H2,1-3H3,(H,22,23,27)/t13-,14-/m1/s1. The van der Waals surface area contributed by atoms with Gasteiger partial charge >= 0.3 is 0 Å². The van der Waals surface area contributed by atoms with E-state index in [1.165, 1.54) is 18.0 Å². The summed E-state index contributed by atoms with van der Waals surface area (Å²) >= 11 is 1.22. The molecule has 0 unspecified atom stereocenters. The van der Waals surface area contributed by atoms with Crippen LogP contribution in [-0.2, 0) is 9.53 Å². The number of hydrogen-bond donors (Lipinski definition) is 1. The lowest BCUT2D eigenvalue weighted by Crippen LogP contribution is -2.48. The van der Waals surface area contributed by atoms with Gasteiger partial charge in [-0.2, -0.15) is 5.10 Å². The SMILES string of the molecule is Cc1ccc(-n2ncc3c(=O)[nH]c(SCC(=O)N4C[C@@H](C)O[C@H](C)C4)nc32)cc1. The van der Waals surface area contributed by atoms with Gasteiger partial charge in [0.1, 0.15) is 5.39 Å². The van der Waals surface area contributed by atoms with E-state index in [9.17, 15) is 9.59 Å². The molecule has 1 aliphatic rings. The largest absolute Gasteiger partial charge is 0.372 e. The summed E-state index contributed by atoms with van der Waals surface area (Å²) in [5.74, 6) is 0.207. The Morgan fingerprint density at radius 1 is 1.24 bits per heavy atom. The number of ether oxygens (including phenoxy) is 1. The molecule has 3 heterocycles. The van der Waals surface area contributed by atoms with Gasteiger partial charge in [0, 0.05) is 13.1 Å². The van der Waals surface area contributed by atoms with Crippen LogP contribution < -0.4 is 5.56 Å². The van der Waals surface area contributed by atoms with Crippen LogP contribution in [0, 0.1) is 6.92 Å². The summed E-state index contributed by atoms with van der Waals surface area (Å²) in [5.41, 5.74) is 2.17. The number of morpholine rings is 1. The first kappa shape index (κ1) is 19.7. The molecule has 0 spiro atoms. The molecule has 1 aliphatic heterocycles. The average molecular weight is 414 g/mol. The molecule has 2 atom stereocenters. The van der Waals surface area contributed by atoms with E-state index in [-0.39, 0.29) is 29.4 Å². The van der Waals surface area contributed by atoms with Crippen molar-refractivity contribution in [1.29, 1.82) is 0 Å². The molecule has 4 rings (SSSR count). The van der Waals surface area contributed by atoms with Crippen LogP contribution in [0.1, 0.15) is 19.4 Å². The second-order valence-corrected chi connectivity index (χ2v) is 8.31. The number of aromatic amines is 1. The maximum Gasteiger partial charge on any atom is 0.262 e. The number of fused-ring (bicyclic) bond motifs is 1. The smallest absolute Gasteiger partial charge is 0.262 e. The van der Waals surface area contributed by atoms with Crippen LogP contribution in [0.5, 0.6) is 0 Å². The van der Waals surface area contributed by atoms with E-state index >= 15 is 0 Å². The van der Waals surface area contributed by atoms with Gasteiger partial charge in [0.15, 0.2) is 10.8 Å². The lowest BCUT2D eigenvalue weighted by Gasteiger charge is -2.35. The summed E-state index contributed by atoms with van der Waals surface area (Å²) in [5, 5.41) is 5.13. The van der Waals surface area contributed by atoms with Crippen molar-refractivity contribution in [3.63, 3.8) is 0 Å². The number of amides is 1. The Labute approximate surface area is 172 Å². The number of rotatable bonds is 4. The Morgan fingerprint density at radius 2 is 1.93 bits per heavy atom. The van der Waals surface area contributed by atoms with E-state index in [1.807, 2.05) is 45.0 Å². The third-order valence-electron chi connectivity index (χ3n) is 4.80. The van der Waals surface area contributed by atoms with Gasteiger partial charge < -0.3 is 14.6 Å². The number of aromatic nitrogens is 4. The minimum absolute atomic E-state index is 0.00629. The fourth-order valence-corrected chi connectivity index (χ4v) is 4.20. The van der Waals surface area contributed by atoms with Crippen molar-refractivity contribution >= 4 is 28.7 Å². The summed E-state index contributed by atoms with van der Waals surface area (Å²) in [7, 11) is 0. The van der Waals surface area contributed by atoms with Gasteiger partial charge in [0.2, 0.25) is 5.91 Å². The number of aryl methyl sites for hydroxylation is 1. The topological polar surface area (TPSA) is 93.1 Å². The molecule has 0 saturated carbocycles. The van der Waals surface area contributed by atoms with Crippen LogP contribution in [0.4, 0.5) is 0 Å². The third-order valence-corrected chi connectivity index (χ3v) is 5.66. The first-order valence-corrected chi connectivity index (χ1v) is 10.5. The van der Waals surface area contributed by atoms with Crippen LogP contribution in [0.15, 0.2) is 40.4 Å². The molecular formula is C20H23N5O3S. The summed E-state index contributed by atoms with van der Waals surface area (Å²) < 4.78 is 7.32. The number of nitrogens with zero attached hydrogens (tertiary/aromatic N) is 4. The molecule has 3 aromatic rings. The van der Waals surface area contributed by atoms with Crippen molar-refractivity contribution in [3.8, 4) is 5.69 Å². The lowest BCUT2D eigenvalue weighted by molar-refractivity contribution is -0.140. The molecule has 2 aromatic heterocycles. The second-order valence-electron chi connectivity index (χ2n) is 7.34. The molecule has 29 heavy (non-hydrogen) atoms. The van der Waals surface area contributed by atoms with Crippen LogP contribution in [0.3, 0.4) is 0 Å². The van der Waals surface area contributed by atoms with E-state index in [1.54, 1.807) is 9.58 Å². The van der Waals surface area contributed by atoms with Crippen molar-refractivity contribution in [2.24, 2.45) is 0 Å². The predicted molar refractivity (Wildman–Crippen MR) is 112 cm³/mol. The summed E-state index contributed by atoms with van der Waals surface area (Å²) in [4.78, 5) is 34.2. The van der Waals surface area contributed by atoms with Gasteiger partial charge in [-0.05, 0) is 32.9 Å².